The fourth-order valence-corrected chi connectivity index (χ4v) is 2.00. The van der Waals surface area contributed by atoms with Crippen molar-refractivity contribution < 1.29 is 14.6 Å². The summed E-state index contributed by atoms with van der Waals surface area (Å²) >= 11 is 0. The Kier molecular flexibility index (Phi) is 4.61. The number of hydrogen-bond donors (Lipinski definition) is 0. The maximum absolute atomic E-state index is 12.2. The highest BCUT2D eigenvalue weighted by atomic mass is 16.6. The predicted octanol–water partition coefficient (Wildman–Crippen LogP) is 3.79. The fraction of sp³-hybridized carbons (Fsp3) is 0.0625. The van der Waals surface area contributed by atoms with E-state index in [4.69, 9.17) is 0 Å². The molecule has 2 aromatic carbocycles. The summed E-state index contributed by atoms with van der Waals surface area (Å²) < 4.78 is 0. The van der Waals surface area contributed by atoms with E-state index < -0.39 is 15.6 Å². The molecule has 0 aromatic heterocycles. The van der Waals surface area contributed by atoms with Crippen LogP contribution in [-0.2, 0) is 0 Å². The van der Waals surface area contributed by atoms with E-state index in [9.17, 15) is 25.0 Å². The zero-order chi connectivity index (χ0) is 17.0. The van der Waals surface area contributed by atoms with E-state index in [-0.39, 0.29) is 16.9 Å². The van der Waals surface area contributed by atoms with Crippen LogP contribution in [0.2, 0.25) is 0 Å². The molecule has 0 radical (unpaired) electrons. The van der Waals surface area contributed by atoms with Crippen LogP contribution in [0.3, 0.4) is 0 Å². The van der Waals surface area contributed by atoms with Gasteiger partial charge in [-0.3, -0.25) is 25.0 Å². The van der Waals surface area contributed by atoms with Crippen LogP contribution < -0.4 is 0 Å². The number of ketones is 1. The average molecular weight is 312 g/mol. The Morgan fingerprint density at radius 2 is 1.39 bits per heavy atom. The first-order valence-corrected chi connectivity index (χ1v) is 6.60. The van der Waals surface area contributed by atoms with E-state index in [0.29, 0.717) is 11.1 Å². The van der Waals surface area contributed by atoms with Crippen LogP contribution in [0.1, 0.15) is 22.8 Å². The van der Waals surface area contributed by atoms with Crippen molar-refractivity contribution in [3.8, 4) is 0 Å². The van der Waals surface area contributed by atoms with E-state index in [2.05, 4.69) is 0 Å². The third-order valence-electron chi connectivity index (χ3n) is 3.20. The van der Waals surface area contributed by atoms with Crippen LogP contribution >= 0.6 is 0 Å². The van der Waals surface area contributed by atoms with Crippen LogP contribution in [0.5, 0.6) is 0 Å². The van der Waals surface area contributed by atoms with Gasteiger partial charge in [-0.1, -0.05) is 24.3 Å². The molecule has 116 valence electrons. The molecule has 0 saturated heterocycles. The topological polar surface area (TPSA) is 103 Å². The van der Waals surface area contributed by atoms with E-state index in [1.54, 1.807) is 13.0 Å². The van der Waals surface area contributed by atoms with Crippen LogP contribution in [0.4, 0.5) is 11.4 Å². The van der Waals surface area contributed by atoms with Gasteiger partial charge in [-0.05, 0) is 24.1 Å². The van der Waals surface area contributed by atoms with Crippen molar-refractivity contribution >= 4 is 22.7 Å². The van der Waals surface area contributed by atoms with Crippen molar-refractivity contribution in [1.82, 2.24) is 0 Å². The number of allylic oxidation sites excluding steroid dienone is 2. The molecule has 0 aliphatic carbocycles. The summed E-state index contributed by atoms with van der Waals surface area (Å²) in [5.41, 5.74) is 1.02. The van der Waals surface area contributed by atoms with Gasteiger partial charge in [0.15, 0.2) is 5.78 Å². The van der Waals surface area contributed by atoms with E-state index in [0.717, 1.165) is 0 Å². The van der Waals surface area contributed by atoms with Gasteiger partial charge in [0, 0.05) is 29.8 Å². The van der Waals surface area contributed by atoms with Gasteiger partial charge in [-0.25, -0.2) is 0 Å². The number of carbonyl (C=O) groups is 1. The third kappa shape index (κ3) is 3.85. The first-order valence-electron chi connectivity index (χ1n) is 6.60. The Morgan fingerprint density at radius 3 is 1.91 bits per heavy atom. The molecule has 0 aliphatic rings. The Balaban J connectivity index is 2.32. The summed E-state index contributed by atoms with van der Waals surface area (Å²) in [7, 11) is 0. The van der Waals surface area contributed by atoms with Gasteiger partial charge < -0.3 is 0 Å². The summed E-state index contributed by atoms with van der Waals surface area (Å²) in [6.45, 7) is 1.65. The molecule has 0 N–H and O–H groups in total. The summed E-state index contributed by atoms with van der Waals surface area (Å²) in [5, 5.41) is 21.5. The van der Waals surface area contributed by atoms with E-state index in [1.807, 2.05) is 0 Å². The molecule has 0 aliphatic heterocycles. The lowest BCUT2D eigenvalue weighted by Gasteiger charge is -2.02. The Bertz CT molecular complexity index is 827. The van der Waals surface area contributed by atoms with Crippen molar-refractivity contribution in [2.75, 3.05) is 0 Å². The molecule has 2 rings (SSSR count). The van der Waals surface area contributed by atoms with Crippen molar-refractivity contribution in [1.29, 1.82) is 0 Å². The van der Waals surface area contributed by atoms with Gasteiger partial charge in [0.2, 0.25) is 0 Å². The molecular weight excluding hydrogens is 300 g/mol. The van der Waals surface area contributed by atoms with Crippen molar-refractivity contribution in [3.05, 3.63) is 86.0 Å². The highest BCUT2D eigenvalue weighted by Crippen LogP contribution is 2.21. The molecule has 0 amide bonds. The molecule has 0 atom stereocenters. The summed E-state index contributed by atoms with van der Waals surface area (Å²) in [5.74, 6) is -0.405. The van der Waals surface area contributed by atoms with Gasteiger partial charge in [0.1, 0.15) is 0 Å². The van der Waals surface area contributed by atoms with E-state index in [1.165, 1.54) is 48.5 Å². The molecule has 0 saturated carbocycles. The number of benzene rings is 2. The largest absolute Gasteiger partial charge is 0.289 e. The van der Waals surface area contributed by atoms with E-state index >= 15 is 0 Å². The molecule has 7 nitrogen and oxygen atoms in total. The van der Waals surface area contributed by atoms with Gasteiger partial charge in [-0.2, -0.15) is 0 Å². The summed E-state index contributed by atoms with van der Waals surface area (Å²) in [6.07, 6.45) is 1.30. The Labute approximate surface area is 131 Å². The highest BCUT2D eigenvalue weighted by molar-refractivity contribution is 6.08. The zero-order valence-corrected chi connectivity index (χ0v) is 12.1. The molecule has 7 heteroatoms. The fourth-order valence-electron chi connectivity index (χ4n) is 2.00. The molecular formula is C16H12N2O5. The van der Waals surface area contributed by atoms with Gasteiger partial charge in [0.25, 0.3) is 11.4 Å². The smallest absolute Gasteiger partial charge is 0.270 e. The lowest BCUT2D eigenvalue weighted by atomic mass is 10.0. The van der Waals surface area contributed by atoms with Crippen LogP contribution in [0.25, 0.3) is 5.57 Å². The quantitative estimate of drug-likeness (QED) is 0.361. The standard InChI is InChI=1S/C16H12N2O5/c1-11(12-4-2-6-14(9-12)17(20)21)8-16(19)13-5-3-7-15(10-13)18(22)23/h2-10H,1H3/b11-8+. The minimum atomic E-state index is -0.575. The number of hydrogen-bond acceptors (Lipinski definition) is 5. The molecule has 0 bridgehead atoms. The van der Waals surface area contributed by atoms with Crippen molar-refractivity contribution in [2.45, 2.75) is 6.92 Å². The third-order valence-corrected chi connectivity index (χ3v) is 3.20. The second kappa shape index (κ2) is 6.61. The molecule has 0 unspecified atom stereocenters. The number of non-ortho nitro benzene ring substituents is 2. The summed E-state index contributed by atoms with van der Waals surface area (Å²) in [4.78, 5) is 32.6. The molecule has 23 heavy (non-hydrogen) atoms. The van der Waals surface area contributed by atoms with Gasteiger partial charge in [0.05, 0.1) is 9.85 Å². The van der Waals surface area contributed by atoms with Crippen LogP contribution in [0, 0.1) is 20.2 Å². The van der Waals surface area contributed by atoms with Gasteiger partial charge >= 0.3 is 0 Å². The molecule has 0 spiro atoms. The Morgan fingerprint density at radius 1 is 0.913 bits per heavy atom. The second-order valence-corrected chi connectivity index (χ2v) is 4.81. The lowest BCUT2D eigenvalue weighted by Crippen LogP contribution is -1.98. The highest BCUT2D eigenvalue weighted by Gasteiger charge is 2.11. The normalized spacial score (nSPS) is 11.1. The minimum absolute atomic E-state index is 0.0713. The number of carbonyl (C=O) groups excluding carboxylic acids is 1. The monoisotopic (exact) mass is 312 g/mol. The number of nitro benzene ring substituents is 2. The molecule has 2 aromatic rings. The SMILES string of the molecule is C/C(=C\C(=O)c1cccc([N+](=O)[O-])c1)c1cccc([N+](=O)[O-])c1. The van der Waals surface area contributed by atoms with Crippen LogP contribution in [0.15, 0.2) is 54.6 Å². The average Bonchev–Trinajstić information content (AvgIpc) is 2.54. The van der Waals surface area contributed by atoms with Crippen molar-refractivity contribution in [3.63, 3.8) is 0 Å². The molecule has 0 heterocycles. The zero-order valence-electron chi connectivity index (χ0n) is 12.1. The maximum Gasteiger partial charge on any atom is 0.270 e. The van der Waals surface area contributed by atoms with Crippen molar-refractivity contribution in [2.24, 2.45) is 0 Å². The first-order chi connectivity index (χ1) is 10.9. The van der Waals surface area contributed by atoms with Crippen LogP contribution in [-0.4, -0.2) is 15.6 Å². The Hall–Kier alpha value is -3.35. The number of nitro groups is 2. The number of nitrogens with zero attached hydrogens (tertiary/aromatic N) is 2. The predicted molar refractivity (Wildman–Crippen MR) is 84.2 cm³/mol. The number of rotatable bonds is 5. The first kappa shape index (κ1) is 16.0. The lowest BCUT2D eigenvalue weighted by molar-refractivity contribution is -0.385. The van der Waals surface area contributed by atoms with Gasteiger partial charge in [-0.15, -0.1) is 0 Å². The maximum atomic E-state index is 12.2. The minimum Gasteiger partial charge on any atom is -0.289 e. The summed E-state index contributed by atoms with van der Waals surface area (Å²) in [6, 6.07) is 11.3. The molecule has 0 fully saturated rings. The second-order valence-electron chi connectivity index (χ2n) is 4.81.